The monoisotopic (exact) mass is 687 g/mol. The molecule has 0 unspecified atom stereocenters. The maximum absolute atomic E-state index is 16.6. The summed E-state index contributed by atoms with van der Waals surface area (Å²) < 4.78 is 75.5. The second-order valence-corrected chi connectivity index (χ2v) is 13.0. The molecule has 3 aromatic rings. The fraction of sp³-hybridized carbons (Fsp3) is 0.432. The Labute approximate surface area is 283 Å². The largest absolute Gasteiger partial charge is 0.481 e. The molecular weight excluding hydrogens is 645 g/mol. The zero-order chi connectivity index (χ0) is 37.0. The summed E-state index contributed by atoms with van der Waals surface area (Å²) in [5, 5.41) is 12.3. The Bertz CT molecular complexity index is 1830. The van der Waals surface area contributed by atoms with Gasteiger partial charge < -0.3 is 19.9 Å². The summed E-state index contributed by atoms with van der Waals surface area (Å²) in [7, 11) is 3.35. The number of aryl methyl sites for hydroxylation is 3. The van der Waals surface area contributed by atoms with E-state index in [9.17, 15) is 32.7 Å². The first-order valence-corrected chi connectivity index (χ1v) is 15.8. The molecule has 0 saturated heterocycles. The molecule has 3 rings (SSSR count). The average Bonchev–Trinajstić information content (AvgIpc) is 2.96. The Balaban J connectivity index is 2.26. The summed E-state index contributed by atoms with van der Waals surface area (Å²) in [6.07, 6.45) is -4.94. The number of halogens is 5. The van der Waals surface area contributed by atoms with Gasteiger partial charge in [-0.1, -0.05) is 37.5 Å². The molecule has 0 bridgehead atoms. The van der Waals surface area contributed by atoms with Crippen molar-refractivity contribution in [2.75, 3.05) is 20.6 Å². The molecule has 0 aliphatic carbocycles. The molecule has 0 aliphatic heterocycles. The number of pyridine rings is 1. The molecule has 0 fully saturated rings. The van der Waals surface area contributed by atoms with Crippen molar-refractivity contribution in [1.29, 1.82) is 0 Å². The quantitative estimate of drug-likeness (QED) is 0.156. The van der Waals surface area contributed by atoms with Crippen LogP contribution in [0.5, 0.6) is 0 Å². The van der Waals surface area contributed by atoms with Gasteiger partial charge in [-0.3, -0.25) is 14.4 Å². The van der Waals surface area contributed by atoms with Crippen molar-refractivity contribution in [3.63, 3.8) is 0 Å². The van der Waals surface area contributed by atoms with Crippen LogP contribution in [0.15, 0.2) is 35.3 Å². The number of aromatic nitrogens is 1. The number of carbonyl (C=O) groups is 2. The lowest BCUT2D eigenvalue weighted by atomic mass is 9.88. The second-order valence-electron chi connectivity index (χ2n) is 13.0. The Kier molecular flexibility index (Phi) is 12.6. The van der Waals surface area contributed by atoms with Crippen molar-refractivity contribution in [3.8, 4) is 23.0 Å². The summed E-state index contributed by atoms with van der Waals surface area (Å²) in [5.41, 5.74) is -0.760. The van der Waals surface area contributed by atoms with Gasteiger partial charge in [0, 0.05) is 29.9 Å². The molecule has 12 heteroatoms. The van der Waals surface area contributed by atoms with Gasteiger partial charge in [-0.2, -0.15) is 13.2 Å². The van der Waals surface area contributed by atoms with E-state index in [1.807, 2.05) is 19.1 Å². The molecule has 0 radical (unpaired) electrons. The number of rotatable bonds is 12. The van der Waals surface area contributed by atoms with Crippen LogP contribution < -0.4 is 10.9 Å². The fourth-order valence-electron chi connectivity index (χ4n) is 6.08. The molecule has 0 aliphatic rings. The van der Waals surface area contributed by atoms with Crippen LogP contribution in [0.2, 0.25) is 0 Å². The Hall–Kier alpha value is -4.50. The number of nitrogens with one attached hydrogen (secondary N) is 1. The first kappa shape index (κ1) is 38.9. The second kappa shape index (κ2) is 15.8. The van der Waals surface area contributed by atoms with Crippen LogP contribution in [-0.2, 0) is 22.2 Å². The van der Waals surface area contributed by atoms with E-state index in [0.717, 1.165) is 16.3 Å². The van der Waals surface area contributed by atoms with E-state index in [0.29, 0.717) is 22.8 Å². The molecule has 2 atom stereocenters. The maximum atomic E-state index is 16.6. The highest BCUT2D eigenvalue weighted by Gasteiger charge is 2.36. The number of likely N-dealkylation sites (N-methyl/N-ethyl adjacent to an activating group) is 1. The molecule has 2 aromatic carbocycles. The number of alkyl halides is 3. The zero-order valence-corrected chi connectivity index (χ0v) is 28.9. The molecule has 0 saturated carbocycles. The summed E-state index contributed by atoms with van der Waals surface area (Å²) in [6.45, 7) is 10.5. The van der Waals surface area contributed by atoms with Gasteiger partial charge >= 0.3 is 12.1 Å². The van der Waals surface area contributed by atoms with Crippen LogP contribution in [0.1, 0.15) is 84.6 Å². The van der Waals surface area contributed by atoms with Crippen molar-refractivity contribution in [1.82, 2.24) is 14.8 Å². The molecule has 264 valence electrons. The number of hydrogen-bond donors (Lipinski definition) is 2. The molecule has 49 heavy (non-hydrogen) atoms. The van der Waals surface area contributed by atoms with Gasteiger partial charge in [-0.15, -0.1) is 5.92 Å². The molecule has 0 spiro atoms. The number of carbonyl (C=O) groups excluding carboxylic acids is 1. The van der Waals surface area contributed by atoms with E-state index in [1.54, 1.807) is 46.7 Å². The van der Waals surface area contributed by atoms with Crippen LogP contribution in [-0.4, -0.2) is 47.1 Å². The number of hydrogen-bond acceptors (Lipinski definition) is 4. The Morgan fingerprint density at radius 2 is 1.63 bits per heavy atom. The fourth-order valence-corrected chi connectivity index (χ4v) is 6.08. The van der Waals surface area contributed by atoms with Crippen molar-refractivity contribution in [3.05, 3.63) is 91.4 Å². The van der Waals surface area contributed by atoms with Gasteiger partial charge in [0.2, 0.25) is 5.91 Å². The standard InChI is InChI=1S/C37H42F5N3O4/c1-9-10-24-16-26(32-22(5)14-21(4)15-23(32)6)35(39)33(34(24)38)28(18-31(47)48)43-36(49)29(13-20(2)3)45-19-25(11-12-44(7)8)27(17-30(45)46)37(40,41)42/h14-17,19-20,28-29H,11-13,18H2,1-8H3,(H,43,49)(H,47,48)/t28-,29+/m1/s1. The lowest BCUT2D eigenvalue weighted by Gasteiger charge is -2.27. The van der Waals surface area contributed by atoms with E-state index in [-0.39, 0.29) is 42.0 Å². The van der Waals surface area contributed by atoms with E-state index in [2.05, 4.69) is 17.2 Å². The van der Waals surface area contributed by atoms with Crippen LogP contribution in [0.4, 0.5) is 22.0 Å². The molecule has 7 nitrogen and oxygen atoms in total. The number of carboxylic acid groups (broad SMARTS) is 1. The van der Waals surface area contributed by atoms with Gasteiger partial charge in [0.15, 0.2) is 0 Å². The Morgan fingerprint density at radius 1 is 1.02 bits per heavy atom. The van der Waals surface area contributed by atoms with E-state index < -0.39 is 64.9 Å². The van der Waals surface area contributed by atoms with E-state index >= 15 is 8.78 Å². The smallest absolute Gasteiger partial charge is 0.416 e. The highest BCUT2D eigenvalue weighted by molar-refractivity contribution is 5.82. The van der Waals surface area contributed by atoms with Crippen LogP contribution in [0.25, 0.3) is 11.1 Å². The van der Waals surface area contributed by atoms with Crippen molar-refractivity contribution >= 4 is 11.9 Å². The lowest BCUT2D eigenvalue weighted by molar-refractivity contribution is -0.139. The van der Waals surface area contributed by atoms with Gasteiger partial charge in [-0.05, 0) is 88.9 Å². The summed E-state index contributed by atoms with van der Waals surface area (Å²) >= 11 is 0. The number of nitrogens with zero attached hydrogens (tertiary/aromatic N) is 2. The first-order chi connectivity index (χ1) is 22.8. The molecule has 1 heterocycles. The highest BCUT2D eigenvalue weighted by atomic mass is 19.4. The van der Waals surface area contributed by atoms with Gasteiger partial charge in [0.1, 0.15) is 17.7 Å². The predicted molar refractivity (Wildman–Crippen MR) is 178 cm³/mol. The minimum Gasteiger partial charge on any atom is -0.481 e. The maximum Gasteiger partial charge on any atom is 0.416 e. The van der Waals surface area contributed by atoms with Gasteiger partial charge in [0.25, 0.3) is 5.56 Å². The zero-order valence-electron chi connectivity index (χ0n) is 28.9. The van der Waals surface area contributed by atoms with Crippen molar-refractivity contribution in [2.24, 2.45) is 5.92 Å². The molecule has 2 N–H and O–H groups in total. The number of carboxylic acids is 1. The minimum atomic E-state index is -4.84. The molecule has 1 aromatic heterocycles. The molecular formula is C37H42F5N3O4. The SMILES string of the molecule is CC#Cc1cc(-c2c(C)cc(C)cc2C)c(F)c([C@@H](CC(=O)O)NC(=O)[C@H](CC(C)C)n2cc(CCN(C)C)c(C(F)(F)F)cc2=O)c1F. The van der Waals surface area contributed by atoms with E-state index in [1.165, 1.54) is 13.0 Å². The van der Waals surface area contributed by atoms with E-state index in [4.69, 9.17) is 0 Å². The predicted octanol–water partition coefficient (Wildman–Crippen LogP) is 7.13. The van der Waals surface area contributed by atoms with Crippen LogP contribution >= 0.6 is 0 Å². The van der Waals surface area contributed by atoms with Crippen LogP contribution in [0, 0.1) is 50.2 Å². The molecule has 1 amide bonds. The normalized spacial score (nSPS) is 12.9. The summed E-state index contributed by atoms with van der Waals surface area (Å²) in [6, 6.07) is 2.10. The number of amides is 1. The third kappa shape index (κ3) is 9.35. The summed E-state index contributed by atoms with van der Waals surface area (Å²) in [5.74, 6) is 0.161. The topological polar surface area (TPSA) is 91.6 Å². The summed E-state index contributed by atoms with van der Waals surface area (Å²) in [4.78, 5) is 41.0. The van der Waals surface area contributed by atoms with Crippen LogP contribution in [0.3, 0.4) is 0 Å². The van der Waals surface area contributed by atoms with Crippen molar-refractivity contribution < 1.29 is 36.6 Å². The van der Waals surface area contributed by atoms with Gasteiger partial charge in [0.05, 0.1) is 23.6 Å². The highest BCUT2D eigenvalue weighted by Crippen LogP contribution is 2.38. The Morgan fingerprint density at radius 3 is 2.14 bits per heavy atom. The third-order valence-electron chi connectivity index (χ3n) is 8.11. The third-order valence-corrected chi connectivity index (χ3v) is 8.11. The number of benzene rings is 2. The lowest BCUT2D eigenvalue weighted by Crippen LogP contribution is -2.41. The minimum absolute atomic E-state index is 0.0444. The first-order valence-electron chi connectivity index (χ1n) is 15.8. The number of aliphatic carboxylic acids is 1. The van der Waals surface area contributed by atoms with Crippen molar-refractivity contribution in [2.45, 2.75) is 79.1 Å². The van der Waals surface area contributed by atoms with Gasteiger partial charge in [-0.25, -0.2) is 8.78 Å². The average molecular weight is 688 g/mol.